The zero-order valence-electron chi connectivity index (χ0n) is 12.9. The normalized spacial score (nSPS) is 12.2. The third kappa shape index (κ3) is 4.65. The second-order valence-corrected chi connectivity index (χ2v) is 6.32. The Morgan fingerprint density at radius 1 is 1.37 bits per heavy atom. The summed E-state index contributed by atoms with van der Waals surface area (Å²) in [5.74, 6) is 0.637. The molecule has 0 saturated carbocycles. The van der Waals surface area contributed by atoms with E-state index < -0.39 is 5.54 Å². The lowest BCUT2D eigenvalue weighted by Gasteiger charge is -2.24. The van der Waals surface area contributed by atoms with E-state index >= 15 is 0 Å². The van der Waals surface area contributed by atoms with Crippen LogP contribution in [0.2, 0.25) is 0 Å². The Hall–Kier alpha value is -1.39. The molecule has 1 aromatic rings. The van der Waals surface area contributed by atoms with E-state index in [9.17, 15) is 4.79 Å². The first-order chi connectivity index (χ1) is 8.72. The van der Waals surface area contributed by atoms with Crippen LogP contribution in [0.25, 0.3) is 0 Å². The molecule has 108 valence electrons. The maximum absolute atomic E-state index is 11.8. The molecule has 0 fully saturated rings. The summed E-state index contributed by atoms with van der Waals surface area (Å²) in [5.41, 5.74) is 0.308. The van der Waals surface area contributed by atoms with Crippen LogP contribution in [0.1, 0.15) is 53.7 Å². The van der Waals surface area contributed by atoms with Crippen molar-refractivity contribution in [2.75, 3.05) is 0 Å². The Bertz CT molecular complexity index is 421. The summed E-state index contributed by atoms with van der Waals surface area (Å²) in [6.45, 7) is 12.9. The molecule has 0 bridgehead atoms. The molecule has 0 aliphatic heterocycles. The fourth-order valence-electron chi connectivity index (χ4n) is 1.60. The quantitative estimate of drug-likeness (QED) is 0.859. The van der Waals surface area contributed by atoms with E-state index in [1.807, 2.05) is 38.6 Å². The molecule has 0 spiro atoms. The van der Waals surface area contributed by atoms with Crippen LogP contribution in [0.5, 0.6) is 0 Å². The van der Waals surface area contributed by atoms with Gasteiger partial charge in [0.25, 0.3) is 0 Å². The number of carbonyl (C=O) groups is 1. The van der Waals surface area contributed by atoms with Crippen LogP contribution in [0, 0.1) is 11.8 Å². The highest BCUT2D eigenvalue weighted by molar-refractivity contribution is 5.78. The topological polar surface area (TPSA) is 59.8 Å². The maximum atomic E-state index is 11.8. The summed E-state index contributed by atoms with van der Waals surface area (Å²) in [5, 5.41) is 11.3. The first-order valence-electron chi connectivity index (χ1n) is 6.95. The summed E-state index contributed by atoms with van der Waals surface area (Å²) in [6, 6.07) is 0. The third-order valence-corrected chi connectivity index (χ3v) is 3.07. The van der Waals surface area contributed by atoms with Gasteiger partial charge in [-0.3, -0.25) is 9.48 Å². The van der Waals surface area contributed by atoms with Crippen molar-refractivity contribution in [2.24, 2.45) is 11.8 Å². The van der Waals surface area contributed by atoms with Gasteiger partial charge >= 0.3 is 0 Å². The fourth-order valence-corrected chi connectivity index (χ4v) is 1.60. The molecule has 1 rings (SSSR count). The first kappa shape index (κ1) is 15.7. The molecule has 1 amide bonds. The molecular formula is C14H26N4O. The molecule has 0 aliphatic rings. The van der Waals surface area contributed by atoms with Crippen LogP contribution >= 0.6 is 0 Å². The molecule has 5 nitrogen and oxygen atoms in total. The van der Waals surface area contributed by atoms with Crippen LogP contribution < -0.4 is 5.32 Å². The molecule has 5 heteroatoms. The van der Waals surface area contributed by atoms with E-state index in [2.05, 4.69) is 29.5 Å². The highest BCUT2D eigenvalue weighted by Gasteiger charge is 2.27. The molecule has 0 atom stereocenters. The van der Waals surface area contributed by atoms with E-state index in [1.54, 1.807) is 0 Å². The Kier molecular flexibility index (Phi) is 5.09. The van der Waals surface area contributed by atoms with Gasteiger partial charge < -0.3 is 5.32 Å². The molecule has 0 unspecified atom stereocenters. The van der Waals surface area contributed by atoms with Gasteiger partial charge in [-0.15, -0.1) is 5.10 Å². The summed E-state index contributed by atoms with van der Waals surface area (Å²) in [4.78, 5) is 11.8. The van der Waals surface area contributed by atoms with Crippen LogP contribution in [0.3, 0.4) is 0 Å². The monoisotopic (exact) mass is 266 g/mol. The van der Waals surface area contributed by atoms with Gasteiger partial charge in [0, 0.05) is 12.5 Å². The maximum Gasteiger partial charge on any atom is 0.223 e. The second-order valence-electron chi connectivity index (χ2n) is 6.32. The summed E-state index contributed by atoms with van der Waals surface area (Å²) >= 11 is 0. The molecule has 0 saturated heterocycles. The van der Waals surface area contributed by atoms with E-state index in [0.29, 0.717) is 5.92 Å². The lowest BCUT2D eigenvalue weighted by atomic mass is 10.0. The first-order valence-corrected chi connectivity index (χ1v) is 6.95. The molecule has 0 radical (unpaired) electrons. The van der Waals surface area contributed by atoms with Gasteiger partial charge in [-0.2, -0.15) is 0 Å². The number of amides is 1. The van der Waals surface area contributed by atoms with Crippen molar-refractivity contribution in [3.8, 4) is 0 Å². The number of hydrogen-bond donors (Lipinski definition) is 1. The molecule has 0 aliphatic carbocycles. The summed E-state index contributed by atoms with van der Waals surface area (Å²) in [6.07, 6.45) is 2.99. The van der Waals surface area contributed by atoms with E-state index in [4.69, 9.17) is 0 Å². The zero-order valence-corrected chi connectivity index (χ0v) is 12.9. The van der Waals surface area contributed by atoms with Crippen molar-refractivity contribution in [3.63, 3.8) is 0 Å². The predicted octanol–water partition coefficient (Wildman–Crippen LogP) is 2.33. The number of carbonyl (C=O) groups excluding carboxylic acids is 1. The van der Waals surface area contributed by atoms with E-state index in [1.165, 1.54) is 0 Å². The van der Waals surface area contributed by atoms with Crippen LogP contribution in [0.15, 0.2) is 6.20 Å². The van der Waals surface area contributed by atoms with Crippen LogP contribution in [0.4, 0.5) is 0 Å². The largest absolute Gasteiger partial charge is 0.345 e. The highest BCUT2D eigenvalue weighted by atomic mass is 16.2. The number of nitrogens with zero attached hydrogens (tertiary/aromatic N) is 3. The lowest BCUT2D eigenvalue weighted by Crippen LogP contribution is -2.43. The Morgan fingerprint density at radius 2 is 2.00 bits per heavy atom. The van der Waals surface area contributed by atoms with Crippen molar-refractivity contribution >= 4 is 5.91 Å². The molecule has 19 heavy (non-hydrogen) atoms. The average molecular weight is 266 g/mol. The minimum Gasteiger partial charge on any atom is -0.345 e. The van der Waals surface area contributed by atoms with Gasteiger partial charge in [0.15, 0.2) is 0 Å². The van der Waals surface area contributed by atoms with Gasteiger partial charge in [0.05, 0.1) is 11.7 Å². The van der Waals surface area contributed by atoms with Crippen molar-refractivity contribution in [2.45, 2.75) is 60.0 Å². The Labute approximate surface area is 115 Å². The molecule has 1 heterocycles. The zero-order chi connectivity index (χ0) is 14.6. The summed E-state index contributed by atoms with van der Waals surface area (Å²) < 4.78 is 1.85. The Morgan fingerprint density at radius 3 is 2.53 bits per heavy atom. The standard InChI is InChI=1S/C14H26N4O/c1-10(2)7-8-18-9-12(16-17-18)14(5,6)15-13(19)11(3)4/h9-11H,7-8H2,1-6H3,(H,15,19). The van der Waals surface area contributed by atoms with Crippen LogP contribution in [-0.4, -0.2) is 20.9 Å². The van der Waals surface area contributed by atoms with Crippen molar-refractivity contribution < 1.29 is 4.79 Å². The number of aryl methyl sites for hydroxylation is 1. The van der Waals surface area contributed by atoms with Crippen molar-refractivity contribution in [3.05, 3.63) is 11.9 Å². The minimum atomic E-state index is -0.489. The minimum absolute atomic E-state index is 0.0294. The molecule has 1 N–H and O–H groups in total. The predicted molar refractivity (Wildman–Crippen MR) is 75.5 cm³/mol. The second kappa shape index (κ2) is 6.17. The number of nitrogens with one attached hydrogen (secondary N) is 1. The number of hydrogen-bond acceptors (Lipinski definition) is 3. The highest BCUT2D eigenvalue weighted by Crippen LogP contribution is 2.18. The number of rotatable bonds is 6. The van der Waals surface area contributed by atoms with Crippen molar-refractivity contribution in [1.29, 1.82) is 0 Å². The van der Waals surface area contributed by atoms with Crippen LogP contribution in [-0.2, 0) is 16.9 Å². The molecule has 1 aromatic heterocycles. The SMILES string of the molecule is CC(C)CCn1cc(C(C)(C)NC(=O)C(C)C)nn1. The summed E-state index contributed by atoms with van der Waals surface area (Å²) in [7, 11) is 0. The van der Waals surface area contributed by atoms with Gasteiger partial charge in [-0.1, -0.05) is 32.9 Å². The van der Waals surface area contributed by atoms with Gasteiger partial charge in [-0.25, -0.2) is 0 Å². The smallest absolute Gasteiger partial charge is 0.223 e. The lowest BCUT2D eigenvalue weighted by molar-refractivity contribution is -0.125. The van der Waals surface area contributed by atoms with Gasteiger partial charge in [0.2, 0.25) is 5.91 Å². The van der Waals surface area contributed by atoms with E-state index in [0.717, 1.165) is 18.7 Å². The Balaban J connectivity index is 2.70. The van der Waals surface area contributed by atoms with Gasteiger partial charge in [-0.05, 0) is 26.2 Å². The number of aromatic nitrogens is 3. The molecular weight excluding hydrogens is 240 g/mol. The van der Waals surface area contributed by atoms with Crippen molar-refractivity contribution in [1.82, 2.24) is 20.3 Å². The fraction of sp³-hybridized carbons (Fsp3) is 0.786. The third-order valence-electron chi connectivity index (χ3n) is 3.07. The average Bonchev–Trinajstić information content (AvgIpc) is 2.74. The molecule has 0 aromatic carbocycles. The van der Waals surface area contributed by atoms with Gasteiger partial charge in [0.1, 0.15) is 5.69 Å². The van der Waals surface area contributed by atoms with E-state index in [-0.39, 0.29) is 11.8 Å².